The van der Waals surface area contributed by atoms with E-state index in [-0.39, 0.29) is 0 Å². The number of hydrogen-bond acceptors (Lipinski definition) is 3. The van der Waals surface area contributed by atoms with Crippen LogP contribution in [0.25, 0.3) is 19.5 Å². The third-order valence-electron chi connectivity index (χ3n) is 5.52. The van der Waals surface area contributed by atoms with Crippen LogP contribution in [0.3, 0.4) is 0 Å². The van der Waals surface area contributed by atoms with Crippen LogP contribution in [0.15, 0.2) is 24.3 Å². The SMILES string of the molecule is CCCCCCc1cc(C)sc1-c1ccc(-c2sc(C)cc2CCCCCC)s1. The molecule has 0 fully saturated rings. The summed E-state index contributed by atoms with van der Waals surface area (Å²) in [6.07, 6.45) is 13.2. The lowest BCUT2D eigenvalue weighted by Crippen LogP contribution is -1.85. The molecule has 0 spiro atoms. The standard InChI is InChI=1S/C26H36S3/c1-5-7-9-11-13-21-17-19(3)27-25(21)23-15-16-24(29-23)26-22(18-20(4)28-26)14-12-10-8-6-2/h15-18H,5-14H2,1-4H3. The fraction of sp³-hybridized carbons (Fsp3) is 0.538. The van der Waals surface area contributed by atoms with E-state index in [2.05, 4.69) is 52.0 Å². The lowest BCUT2D eigenvalue weighted by molar-refractivity contribution is 0.668. The number of unbranched alkanes of at least 4 members (excludes halogenated alkanes) is 6. The van der Waals surface area contributed by atoms with Crippen LogP contribution in [-0.4, -0.2) is 0 Å². The average molecular weight is 445 g/mol. The Balaban J connectivity index is 1.76. The smallest absolute Gasteiger partial charge is 0.0477 e. The highest BCUT2D eigenvalue weighted by Gasteiger charge is 2.15. The molecule has 0 nitrogen and oxygen atoms in total. The van der Waals surface area contributed by atoms with Gasteiger partial charge in [-0.3, -0.25) is 0 Å². The van der Waals surface area contributed by atoms with Crippen LogP contribution < -0.4 is 0 Å². The Morgan fingerprint density at radius 2 is 1.03 bits per heavy atom. The van der Waals surface area contributed by atoms with Crippen molar-refractivity contribution in [3.63, 3.8) is 0 Å². The molecule has 0 bridgehead atoms. The van der Waals surface area contributed by atoms with E-state index in [0.717, 1.165) is 0 Å². The Morgan fingerprint density at radius 3 is 1.45 bits per heavy atom. The number of rotatable bonds is 12. The first kappa shape index (κ1) is 22.8. The molecule has 0 aromatic carbocycles. The monoisotopic (exact) mass is 444 g/mol. The first-order valence-corrected chi connectivity index (χ1v) is 13.9. The third kappa shape index (κ3) is 6.29. The molecule has 0 radical (unpaired) electrons. The summed E-state index contributed by atoms with van der Waals surface area (Å²) in [7, 11) is 0. The fourth-order valence-electron chi connectivity index (χ4n) is 3.99. The quantitative estimate of drug-likeness (QED) is 0.244. The Bertz CT molecular complexity index is 807. The first-order valence-electron chi connectivity index (χ1n) is 11.4. The largest absolute Gasteiger partial charge is 0.139 e. The van der Waals surface area contributed by atoms with Gasteiger partial charge in [-0.05, 0) is 74.9 Å². The van der Waals surface area contributed by atoms with E-state index in [9.17, 15) is 0 Å². The van der Waals surface area contributed by atoms with E-state index in [1.54, 1.807) is 11.1 Å². The summed E-state index contributed by atoms with van der Waals surface area (Å²) in [5.41, 5.74) is 3.14. The third-order valence-corrected chi connectivity index (χ3v) is 9.15. The summed E-state index contributed by atoms with van der Waals surface area (Å²) in [4.78, 5) is 8.87. The van der Waals surface area contributed by atoms with Gasteiger partial charge in [0.25, 0.3) is 0 Å². The summed E-state index contributed by atoms with van der Waals surface area (Å²) in [6.45, 7) is 9.10. The second-order valence-corrected chi connectivity index (χ2v) is 11.8. The highest BCUT2D eigenvalue weighted by atomic mass is 32.1. The van der Waals surface area contributed by atoms with E-state index >= 15 is 0 Å². The topological polar surface area (TPSA) is 0 Å². The predicted octanol–water partition coefficient (Wildman–Crippen LogP) is 10.1. The van der Waals surface area contributed by atoms with Crippen LogP contribution in [-0.2, 0) is 12.8 Å². The zero-order valence-corrected chi connectivity index (χ0v) is 21.1. The molecule has 3 heterocycles. The molecule has 0 atom stereocenters. The van der Waals surface area contributed by atoms with Crippen molar-refractivity contribution in [1.82, 2.24) is 0 Å². The second-order valence-electron chi connectivity index (χ2n) is 8.21. The van der Waals surface area contributed by atoms with Crippen molar-refractivity contribution in [2.45, 2.75) is 91.9 Å². The summed E-state index contributed by atoms with van der Waals surface area (Å²) in [5, 5.41) is 0. The zero-order chi connectivity index (χ0) is 20.6. The van der Waals surface area contributed by atoms with Crippen LogP contribution in [0.1, 0.15) is 86.1 Å². The summed E-state index contributed by atoms with van der Waals surface area (Å²) >= 11 is 5.97. The van der Waals surface area contributed by atoms with E-state index in [1.165, 1.54) is 93.5 Å². The van der Waals surface area contributed by atoms with E-state index in [4.69, 9.17) is 0 Å². The molecule has 0 N–H and O–H groups in total. The normalized spacial score (nSPS) is 11.4. The van der Waals surface area contributed by atoms with Crippen LogP contribution >= 0.6 is 34.0 Å². The molecule has 0 aliphatic carbocycles. The minimum Gasteiger partial charge on any atom is -0.139 e. The van der Waals surface area contributed by atoms with Crippen molar-refractivity contribution < 1.29 is 0 Å². The van der Waals surface area contributed by atoms with Crippen LogP contribution in [0.2, 0.25) is 0 Å². The molecule has 0 saturated heterocycles. The molecule has 3 heteroatoms. The molecule has 0 saturated carbocycles. The van der Waals surface area contributed by atoms with E-state index < -0.39 is 0 Å². The van der Waals surface area contributed by atoms with Crippen molar-refractivity contribution in [1.29, 1.82) is 0 Å². The minimum atomic E-state index is 1.23. The van der Waals surface area contributed by atoms with Gasteiger partial charge >= 0.3 is 0 Å². The number of aryl methyl sites for hydroxylation is 4. The van der Waals surface area contributed by atoms with Gasteiger partial charge in [0.2, 0.25) is 0 Å². The van der Waals surface area contributed by atoms with Gasteiger partial charge in [-0.25, -0.2) is 0 Å². The van der Waals surface area contributed by atoms with Crippen molar-refractivity contribution in [3.05, 3.63) is 45.1 Å². The molecule has 0 aliphatic rings. The summed E-state index contributed by atoms with van der Waals surface area (Å²) in [5.74, 6) is 0. The molecule has 29 heavy (non-hydrogen) atoms. The van der Waals surface area contributed by atoms with Crippen LogP contribution in [0, 0.1) is 13.8 Å². The first-order chi connectivity index (χ1) is 14.1. The molecule has 0 aliphatic heterocycles. The molecule has 158 valence electrons. The Hall–Kier alpha value is -0.900. The summed E-state index contributed by atoms with van der Waals surface area (Å²) in [6, 6.07) is 9.60. The molecular formula is C26H36S3. The maximum absolute atomic E-state index is 2.43. The Kier molecular flexibility index (Phi) is 9.02. The fourth-order valence-corrected chi connectivity index (χ4v) is 7.41. The summed E-state index contributed by atoms with van der Waals surface area (Å²) < 4.78 is 0. The van der Waals surface area contributed by atoms with Gasteiger partial charge in [-0.1, -0.05) is 52.4 Å². The maximum Gasteiger partial charge on any atom is 0.0477 e. The van der Waals surface area contributed by atoms with Gasteiger partial charge < -0.3 is 0 Å². The Morgan fingerprint density at radius 1 is 0.586 bits per heavy atom. The molecule has 0 unspecified atom stereocenters. The zero-order valence-electron chi connectivity index (χ0n) is 18.6. The minimum absolute atomic E-state index is 1.23. The molecule has 3 aromatic heterocycles. The van der Waals surface area contributed by atoms with Crippen molar-refractivity contribution in [3.8, 4) is 19.5 Å². The number of thiophene rings is 3. The van der Waals surface area contributed by atoms with Gasteiger partial charge in [-0.2, -0.15) is 0 Å². The highest BCUT2D eigenvalue weighted by Crippen LogP contribution is 2.43. The van der Waals surface area contributed by atoms with Gasteiger partial charge in [0, 0.05) is 29.3 Å². The van der Waals surface area contributed by atoms with Crippen molar-refractivity contribution >= 4 is 34.0 Å². The van der Waals surface area contributed by atoms with Gasteiger partial charge in [-0.15, -0.1) is 34.0 Å². The average Bonchev–Trinajstić information content (AvgIpc) is 3.40. The highest BCUT2D eigenvalue weighted by molar-refractivity contribution is 7.26. The molecular weight excluding hydrogens is 408 g/mol. The second kappa shape index (κ2) is 11.5. The maximum atomic E-state index is 2.43. The molecule has 0 amide bonds. The van der Waals surface area contributed by atoms with Gasteiger partial charge in [0.1, 0.15) is 0 Å². The van der Waals surface area contributed by atoms with Gasteiger partial charge in [0.05, 0.1) is 0 Å². The molecule has 3 aromatic rings. The number of hydrogen-bond donors (Lipinski definition) is 0. The van der Waals surface area contributed by atoms with E-state index in [0.29, 0.717) is 0 Å². The van der Waals surface area contributed by atoms with Crippen LogP contribution in [0.4, 0.5) is 0 Å². The van der Waals surface area contributed by atoms with Gasteiger partial charge in [0.15, 0.2) is 0 Å². The lowest BCUT2D eigenvalue weighted by Gasteiger charge is -2.03. The van der Waals surface area contributed by atoms with Crippen LogP contribution in [0.5, 0.6) is 0 Å². The van der Waals surface area contributed by atoms with E-state index in [1.807, 2.05) is 34.0 Å². The van der Waals surface area contributed by atoms with Crippen molar-refractivity contribution in [2.75, 3.05) is 0 Å². The Labute approximate surface area is 190 Å². The lowest BCUT2D eigenvalue weighted by atomic mass is 10.1. The van der Waals surface area contributed by atoms with Crippen molar-refractivity contribution in [2.24, 2.45) is 0 Å². The molecule has 3 rings (SSSR count). The predicted molar refractivity (Wildman–Crippen MR) is 136 cm³/mol.